The molecule has 1 aromatic carbocycles. The fourth-order valence-electron chi connectivity index (χ4n) is 2.13. The highest BCUT2D eigenvalue weighted by Crippen LogP contribution is 2.17. The Balaban J connectivity index is 2.27. The number of hydrogen-bond donors (Lipinski definition) is 1. The van der Waals surface area contributed by atoms with Gasteiger partial charge in [-0.2, -0.15) is 0 Å². The van der Waals surface area contributed by atoms with Crippen LogP contribution < -0.4 is 0 Å². The van der Waals surface area contributed by atoms with Gasteiger partial charge in [0.25, 0.3) is 0 Å². The van der Waals surface area contributed by atoms with Crippen LogP contribution in [0.5, 0.6) is 0 Å². The highest BCUT2D eigenvalue weighted by atomic mass is 19.1. The third-order valence-electron chi connectivity index (χ3n) is 3.08. The lowest BCUT2D eigenvalue weighted by molar-refractivity contribution is -0.131. The van der Waals surface area contributed by atoms with E-state index >= 15 is 0 Å². The smallest absolute Gasteiger partial charge is 0.328 e. The number of aliphatic carboxylic acids is 1. The normalized spacial score (nSPS) is 11.4. The van der Waals surface area contributed by atoms with E-state index in [1.165, 1.54) is 12.1 Å². The summed E-state index contributed by atoms with van der Waals surface area (Å²) in [6.45, 7) is 4.69. The molecule has 0 aliphatic rings. The highest BCUT2D eigenvalue weighted by molar-refractivity contribution is 5.85. The van der Waals surface area contributed by atoms with Crippen molar-refractivity contribution in [1.29, 1.82) is 0 Å². The Kier molecular flexibility index (Phi) is 4.52. The quantitative estimate of drug-likeness (QED) is 0.859. The molecule has 0 aliphatic heterocycles. The number of benzene rings is 1. The molecule has 4 nitrogen and oxygen atoms in total. The van der Waals surface area contributed by atoms with Crippen LogP contribution in [0, 0.1) is 5.82 Å². The van der Waals surface area contributed by atoms with Gasteiger partial charge in [0.2, 0.25) is 0 Å². The fraction of sp³-hybridized carbons (Fsp3) is 0.250. The number of halogens is 1. The lowest BCUT2D eigenvalue weighted by Gasteiger charge is -2.11. The second kappa shape index (κ2) is 6.35. The molecular formula is C16H17FN2O2. The summed E-state index contributed by atoms with van der Waals surface area (Å²) in [4.78, 5) is 14.8. The highest BCUT2D eigenvalue weighted by Gasteiger charge is 2.08. The molecule has 0 saturated heterocycles. The Morgan fingerprint density at radius 2 is 2.24 bits per heavy atom. The molecule has 110 valence electrons. The van der Waals surface area contributed by atoms with Crippen molar-refractivity contribution in [3.63, 3.8) is 0 Å². The third-order valence-corrected chi connectivity index (χ3v) is 3.08. The van der Waals surface area contributed by atoms with Crippen LogP contribution in [0.2, 0.25) is 0 Å². The Hall–Kier alpha value is -2.43. The molecule has 0 saturated carbocycles. The van der Waals surface area contributed by atoms with Gasteiger partial charge < -0.3 is 9.67 Å². The average molecular weight is 288 g/mol. The van der Waals surface area contributed by atoms with Crippen molar-refractivity contribution in [3.05, 3.63) is 59.4 Å². The van der Waals surface area contributed by atoms with Crippen LogP contribution in [-0.2, 0) is 11.3 Å². The lowest BCUT2D eigenvalue weighted by atomic mass is 10.1. The molecule has 2 aromatic rings. The lowest BCUT2D eigenvalue weighted by Crippen LogP contribution is -2.06. The molecule has 0 fully saturated rings. The Morgan fingerprint density at radius 1 is 1.48 bits per heavy atom. The second-order valence-corrected chi connectivity index (χ2v) is 5.10. The van der Waals surface area contributed by atoms with Crippen LogP contribution in [0.25, 0.3) is 6.08 Å². The summed E-state index contributed by atoms with van der Waals surface area (Å²) in [5.41, 5.74) is 1.16. The molecule has 1 N–H and O–H groups in total. The minimum atomic E-state index is -1.10. The molecule has 0 spiro atoms. The summed E-state index contributed by atoms with van der Waals surface area (Å²) >= 11 is 0. The van der Waals surface area contributed by atoms with Gasteiger partial charge in [0.05, 0.1) is 0 Å². The average Bonchev–Trinajstić information content (AvgIpc) is 2.87. The standard InChI is InChI=1S/C16H17FN2O2/c1-11(2)16-18-7-8-19(16)10-12-3-5-14(17)13(9-12)4-6-15(20)21/h3-9,11H,10H2,1-2H3,(H,20,21). The van der Waals surface area contributed by atoms with Crippen molar-refractivity contribution in [1.82, 2.24) is 9.55 Å². The summed E-state index contributed by atoms with van der Waals surface area (Å²) in [5.74, 6) is -0.281. The van der Waals surface area contributed by atoms with Gasteiger partial charge in [-0.15, -0.1) is 0 Å². The zero-order chi connectivity index (χ0) is 15.4. The second-order valence-electron chi connectivity index (χ2n) is 5.10. The predicted molar refractivity (Wildman–Crippen MR) is 78.5 cm³/mol. The molecule has 0 aliphatic carbocycles. The van der Waals surface area contributed by atoms with E-state index in [1.54, 1.807) is 18.3 Å². The molecule has 1 heterocycles. The van der Waals surface area contributed by atoms with E-state index < -0.39 is 11.8 Å². The Morgan fingerprint density at radius 3 is 2.90 bits per heavy atom. The number of hydrogen-bond acceptors (Lipinski definition) is 2. The Bertz CT molecular complexity index is 675. The van der Waals surface area contributed by atoms with E-state index in [9.17, 15) is 9.18 Å². The van der Waals surface area contributed by atoms with E-state index in [2.05, 4.69) is 18.8 Å². The molecular weight excluding hydrogens is 271 g/mol. The Labute approximate surface area is 122 Å². The number of rotatable bonds is 5. The predicted octanol–water partition coefficient (Wildman–Crippen LogP) is 3.29. The van der Waals surface area contributed by atoms with Crippen LogP contribution in [0.1, 0.15) is 36.7 Å². The molecule has 2 rings (SSSR count). The zero-order valence-electron chi connectivity index (χ0n) is 12.0. The summed E-state index contributed by atoms with van der Waals surface area (Å²) in [7, 11) is 0. The molecule has 0 atom stereocenters. The maximum absolute atomic E-state index is 13.6. The summed E-state index contributed by atoms with van der Waals surface area (Å²) < 4.78 is 15.6. The van der Waals surface area contributed by atoms with Gasteiger partial charge in [-0.1, -0.05) is 19.9 Å². The van der Waals surface area contributed by atoms with E-state index in [-0.39, 0.29) is 5.56 Å². The van der Waals surface area contributed by atoms with Crippen LogP contribution in [-0.4, -0.2) is 20.6 Å². The first kappa shape index (κ1) is 15.0. The van der Waals surface area contributed by atoms with E-state index in [0.29, 0.717) is 12.5 Å². The maximum atomic E-state index is 13.6. The van der Waals surface area contributed by atoms with Crippen molar-refractivity contribution in [2.45, 2.75) is 26.3 Å². The van der Waals surface area contributed by atoms with Crippen LogP contribution in [0.4, 0.5) is 4.39 Å². The van der Waals surface area contributed by atoms with Crippen molar-refractivity contribution in [3.8, 4) is 0 Å². The fourth-order valence-corrected chi connectivity index (χ4v) is 2.13. The van der Waals surface area contributed by atoms with Crippen LogP contribution in [0.15, 0.2) is 36.7 Å². The maximum Gasteiger partial charge on any atom is 0.328 e. The summed E-state index contributed by atoms with van der Waals surface area (Å²) in [5, 5.41) is 8.62. The molecule has 0 unspecified atom stereocenters. The first-order valence-electron chi connectivity index (χ1n) is 6.68. The van der Waals surface area contributed by atoms with Gasteiger partial charge in [-0.25, -0.2) is 14.2 Å². The monoisotopic (exact) mass is 288 g/mol. The number of aromatic nitrogens is 2. The minimum absolute atomic E-state index is 0.265. The summed E-state index contributed by atoms with van der Waals surface area (Å²) in [6, 6.07) is 4.69. The van der Waals surface area contributed by atoms with Gasteiger partial charge in [0.1, 0.15) is 11.6 Å². The van der Waals surface area contributed by atoms with Crippen LogP contribution in [0.3, 0.4) is 0 Å². The molecule has 0 bridgehead atoms. The number of carbonyl (C=O) groups is 1. The van der Waals surface area contributed by atoms with Gasteiger partial charge >= 0.3 is 5.97 Å². The van der Waals surface area contributed by atoms with E-state index in [4.69, 9.17) is 5.11 Å². The van der Waals surface area contributed by atoms with Gasteiger partial charge in [0, 0.05) is 36.5 Å². The third kappa shape index (κ3) is 3.78. The van der Waals surface area contributed by atoms with E-state index in [0.717, 1.165) is 17.5 Å². The topological polar surface area (TPSA) is 55.1 Å². The first-order valence-corrected chi connectivity index (χ1v) is 6.68. The van der Waals surface area contributed by atoms with Crippen molar-refractivity contribution < 1.29 is 14.3 Å². The number of carboxylic acid groups (broad SMARTS) is 1. The first-order chi connectivity index (χ1) is 9.97. The molecule has 5 heteroatoms. The van der Waals surface area contributed by atoms with E-state index in [1.807, 2.05) is 10.8 Å². The van der Waals surface area contributed by atoms with Crippen molar-refractivity contribution in [2.24, 2.45) is 0 Å². The van der Waals surface area contributed by atoms with Gasteiger partial charge in [-0.3, -0.25) is 0 Å². The largest absolute Gasteiger partial charge is 0.478 e. The molecule has 0 radical (unpaired) electrons. The van der Waals surface area contributed by atoms with Gasteiger partial charge in [0.15, 0.2) is 0 Å². The minimum Gasteiger partial charge on any atom is -0.478 e. The zero-order valence-corrected chi connectivity index (χ0v) is 12.0. The summed E-state index contributed by atoms with van der Waals surface area (Å²) in [6.07, 6.45) is 5.81. The molecule has 1 aromatic heterocycles. The van der Waals surface area contributed by atoms with Crippen molar-refractivity contribution in [2.75, 3.05) is 0 Å². The van der Waals surface area contributed by atoms with Crippen LogP contribution >= 0.6 is 0 Å². The van der Waals surface area contributed by atoms with Gasteiger partial charge in [-0.05, 0) is 23.8 Å². The number of carboxylic acids is 1. The molecule has 0 amide bonds. The number of nitrogens with zero attached hydrogens (tertiary/aromatic N) is 2. The molecule has 21 heavy (non-hydrogen) atoms. The SMILES string of the molecule is CC(C)c1nccn1Cc1ccc(F)c(C=CC(=O)O)c1. The number of imidazole rings is 1. The van der Waals surface area contributed by atoms with Crippen molar-refractivity contribution >= 4 is 12.0 Å².